The molecule has 0 bridgehead atoms. The molecule has 0 aliphatic carbocycles. The van der Waals surface area contributed by atoms with Crippen molar-refractivity contribution in [1.29, 1.82) is 0 Å². The number of rotatable bonds is 3. The number of aromatic nitrogens is 2. The lowest BCUT2D eigenvalue weighted by Gasteiger charge is -2.10. The normalized spacial score (nSPS) is 11.9. The Labute approximate surface area is 266 Å². The molecule has 0 N–H and O–H groups in total. The first kappa shape index (κ1) is 25.2. The zero-order chi connectivity index (χ0) is 30.2. The number of fused-ring (bicyclic) bond motifs is 10. The predicted molar refractivity (Wildman–Crippen MR) is 196 cm³/mol. The van der Waals surface area contributed by atoms with Gasteiger partial charge in [0.25, 0.3) is 0 Å². The van der Waals surface area contributed by atoms with E-state index in [0.717, 1.165) is 0 Å². The van der Waals surface area contributed by atoms with Crippen molar-refractivity contribution in [1.82, 2.24) is 9.13 Å². The van der Waals surface area contributed by atoms with Gasteiger partial charge in [0.2, 0.25) is 0 Å². The van der Waals surface area contributed by atoms with E-state index in [-0.39, 0.29) is 0 Å². The molecule has 0 aliphatic heterocycles. The first-order valence-corrected chi connectivity index (χ1v) is 15.9. The molecule has 46 heavy (non-hydrogen) atoms. The highest BCUT2D eigenvalue weighted by Crippen LogP contribution is 2.40. The zero-order valence-corrected chi connectivity index (χ0v) is 25.1. The van der Waals surface area contributed by atoms with Crippen molar-refractivity contribution in [3.8, 4) is 22.5 Å². The van der Waals surface area contributed by atoms with Crippen LogP contribution in [0, 0.1) is 0 Å². The minimum atomic E-state index is 1.18. The third-order valence-corrected chi connectivity index (χ3v) is 9.67. The van der Waals surface area contributed by atoms with Gasteiger partial charge >= 0.3 is 0 Å². The maximum absolute atomic E-state index is 2.39. The van der Waals surface area contributed by atoms with Gasteiger partial charge in [-0.05, 0) is 93.3 Å². The molecule has 0 amide bonds. The molecule has 0 atom stereocenters. The number of benzene rings is 8. The topological polar surface area (TPSA) is 9.86 Å². The van der Waals surface area contributed by atoms with Gasteiger partial charge in [0, 0.05) is 32.9 Å². The van der Waals surface area contributed by atoms with Crippen LogP contribution in [0.5, 0.6) is 0 Å². The lowest BCUT2D eigenvalue weighted by Crippen LogP contribution is -1.93. The highest BCUT2D eigenvalue weighted by atomic mass is 15.0. The van der Waals surface area contributed by atoms with E-state index in [1.807, 2.05) is 0 Å². The fraction of sp³-hybridized carbons (Fsp3) is 0. The van der Waals surface area contributed by atoms with Crippen molar-refractivity contribution >= 4 is 65.2 Å². The molecule has 0 unspecified atom stereocenters. The number of hydrogen-bond acceptors (Lipinski definition) is 0. The van der Waals surface area contributed by atoms with Crippen LogP contribution in [0.15, 0.2) is 170 Å². The summed E-state index contributed by atoms with van der Waals surface area (Å²) in [7, 11) is 0. The van der Waals surface area contributed by atoms with Gasteiger partial charge in [-0.1, -0.05) is 109 Å². The molecule has 2 aromatic heterocycles. The van der Waals surface area contributed by atoms with Crippen molar-refractivity contribution in [2.45, 2.75) is 0 Å². The first-order chi connectivity index (χ1) is 22.8. The Morgan fingerprint density at radius 3 is 1.39 bits per heavy atom. The lowest BCUT2D eigenvalue weighted by molar-refractivity contribution is 1.18. The van der Waals surface area contributed by atoms with Gasteiger partial charge in [-0.2, -0.15) is 0 Å². The first-order valence-electron chi connectivity index (χ1n) is 15.9. The Morgan fingerprint density at radius 1 is 0.283 bits per heavy atom. The van der Waals surface area contributed by atoms with Gasteiger partial charge in [-0.3, -0.25) is 0 Å². The summed E-state index contributed by atoms with van der Waals surface area (Å²) >= 11 is 0. The van der Waals surface area contributed by atoms with Crippen LogP contribution in [-0.4, -0.2) is 9.13 Å². The van der Waals surface area contributed by atoms with Gasteiger partial charge < -0.3 is 9.13 Å². The molecule has 2 heteroatoms. The molecule has 10 aromatic rings. The number of nitrogens with zero attached hydrogens (tertiary/aromatic N) is 2. The summed E-state index contributed by atoms with van der Waals surface area (Å²) < 4.78 is 4.78. The van der Waals surface area contributed by atoms with Crippen LogP contribution < -0.4 is 0 Å². The van der Waals surface area contributed by atoms with Gasteiger partial charge in [0.1, 0.15) is 0 Å². The zero-order valence-electron chi connectivity index (χ0n) is 25.1. The van der Waals surface area contributed by atoms with E-state index in [9.17, 15) is 0 Å². The molecule has 8 aromatic carbocycles. The van der Waals surface area contributed by atoms with E-state index in [4.69, 9.17) is 0 Å². The molecular formula is C44H28N2. The summed E-state index contributed by atoms with van der Waals surface area (Å²) in [6.07, 6.45) is 0. The monoisotopic (exact) mass is 584 g/mol. The van der Waals surface area contributed by atoms with Crippen LogP contribution in [-0.2, 0) is 0 Å². The van der Waals surface area contributed by atoms with Gasteiger partial charge in [-0.15, -0.1) is 0 Å². The van der Waals surface area contributed by atoms with Crippen LogP contribution >= 0.6 is 0 Å². The summed E-state index contributed by atoms with van der Waals surface area (Å²) in [6.45, 7) is 0. The smallest absolute Gasteiger partial charge is 0.0547 e. The van der Waals surface area contributed by atoms with Gasteiger partial charge in [0.15, 0.2) is 0 Å². The van der Waals surface area contributed by atoms with Crippen LogP contribution in [0.2, 0.25) is 0 Å². The maximum Gasteiger partial charge on any atom is 0.0547 e. The molecule has 0 fully saturated rings. The highest BCUT2D eigenvalue weighted by molar-refractivity contribution is 6.23. The lowest BCUT2D eigenvalue weighted by atomic mass is 9.95. The largest absolute Gasteiger partial charge is 0.309 e. The summed E-state index contributed by atoms with van der Waals surface area (Å²) in [5, 5.41) is 10.2. The van der Waals surface area contributed by atoms with Crippen molar-refractivity contribution in [3.05, 3.63) is 170 Å². The fourth-order valence-corrected chi connectivity index (χ4v) is 7.65. The Kier molecular flexibility index (Phi) is 5.31. The van der Waals surface area contributed by atoms with E-state index in [2.05, 4.69) is 179 Å². The van der Waals surface area contributed by atoms with Crippen LogP contribution in [0.3, 0.4) is 0 Å². The SMILES string of the molecule is c1ccc(-n2c3ccccc3c3c4ccc(-c5ccc6ccc7c(c6c5)c5ccccc5n7-c5ccccc5)cc4ccc32)cc1. The summed E-state index contributed by atoms with van der Waals surface area (Å²) in [6, 6.07) is 61.9. The standard InChI is InChI=1S/C44H28N2/c1-3-11-33(12-4-1)45-39-17-9-7-15-36(39)43-35-24-21-30(27-32(35)23-26-41(43)45)31-20-19-29-22-25-42-44(38(29)28-31)37-16-8-10-18-40(37)46(42)34-13-5-2-6-14-34/h1-28H. The van der Waals surface area contributed by atoms with Crippen LogP contribution in [0.1, 0.15) is 0 Å². The quantitative estimate of drug-likeness (QED) is 0.195. The molecular weight excluding hydrogens is 556 g/mol. The predicted octanol–water partition coefficient (Wildman–Crippen LogP) is 11.9. The summed E-state index contributed by atoms with van der Waals surface area (Å²) in [5.41, 5.74) is 9.73. The third-order valence-electron chi connectivity index (χ3n) is 9.67. The minimum Gasteiger partial charge on any atom is -0.309 e. The average Bonchev–Trinajstić information content (AvgIpc) is 3.65. The van der Waals surface area contributed by atoms with E-state index in [0.29, 0.717) is 0 Å². The molecule has 0 radical (unpaired) electrons. The molecule has 0 spiro atoms. The number of hydrogen-bond donors (Lipinski definition) is 0. The van der Waals surface area contributed by atoms with Crippen molar-refractivity contribution in [3.63, 3.8) is 0 Å². The Morgan fingerprint density at radius 2 is 0.761 bits per heavy atom. The van der Waals surface area contributed by atoms with Crippen molar-refractivity contribution in [2.75, 3.05) is 0 Å². The maximum atomic E-state index is 2.39. The van der Waals surface area contributed by atoms with Crippen LogP contribution in [0.25, 0.3) is 87.7 Å². The van der Waals surface area contributed by atoms with Gasteiger partial charge in [0.05, 0.1) is 22.1 Å². The highest BCUT2D eigenvalue weighted by Gasteiger charge is 2.17. The molecule has 0 aliphatic rings. The van der Waals surface area contributed by atoms with Crippen molar-refractivity contribution in [2.24, 2.45) is 0 Å². The average molecular weight is 585 g/mol. The third kappa shape index (κ3) is 3.59. The minimum absolute atomic E-state index is 1.18. The second-order valence-electron chi connectivity index (χ2n) is 12.2. The second kappa shape index (κ2) is 9.69. The Balaban J connectivity index is 1.19. The van der Waals surface area contributed by atoms with Gasteiger partial charge in [-0.25, -0.2) is 0 Å². The van der Waals surface area contributed by atoms with E-state index >= 15 is 0 Å². The second-order valence-corrected chi connectivity index (χ2v) is 12.2. The molecule has 2 heterocycles. The molecule has 0 saturated heterocycles. The number of para-hydroxylation sites is 4. The van der Waals surface area contributed by atoms with Crippen molar-refractivity contribution < 1.29 is 0 Å². The van der Waals surface area contributed by atoms with Crippen LogP contribution in [0.4, 0.5) is 0 Å². The van der Waals surface area contributed by atoms with E-state index in [1.54, 1.807) is 0 Å². The summed E-state index contributed by atoms with van der Waals surface area (Å²) in [5.74, 6) is 0. The molecule has 0 saturated carbocycles. The van der Waals surface area contributed by atoms with E-state index in [1.165, 1.54) is 87.7 Å². The molecule has 2 nitrogen and oxygen atoms in total. The Bertz CT molecular complexity index is 2780. The Hall–Kier alpha value is -6.12. The fourth-order valence-electron chi connectivity index (χ4n) is 7.65. The van der Waals surface area contributed by atoms with E-state index < -0.39 is 0 Å². The molecule has 214 valence electrons. The molecule has 10 rings (SSSR count). The summed E-state index contributed by atoms with van der Waals surface area (Å²) in [4.78, 5) is 0.